The predicted octanol–water partition coefficient (Wildman–Crippen LogP) is 8.08. The van der Waals surface area contributed by atoms with E-state index in [1.165, 1.54) is 0 Å². The van der Waals surface area contributed by atoms with Crippen molar-refractivity contribution in [1.29, 1.82) is 0 Å². The lowest BCUT2D eigenvalue weighted by Gasteiger charge is -2.15. The van der Waals surface area contributed by atoms with E-state index < -0.39 is 22.2 Å². The number of rotatable bonds is 5. The molecule has 8 heteroatoms. The zero-order valence-corrected chi connectivity index (χ0v) is 16.5. The molecule has 0 bridgehead atoms. The van der Waals surface area contributed by atoms with Crippen LogP contribution in [0.15, 0.2) is 80.3 Å². The van der Waals surface area contributed by atoms with Gasteiger partial charge in [-0.05, 0) is 38.1 Å². The van der Waals surface area contributed by atoms with Crippen LogP contribution in [0.25, 0.3) is 0 Å². The molecule has 0 fully saturated rings. The minimum Gasteiger partial charge on any atom is -0.167 e. The maximum absolute atomic E-state index is 13.1. The number of allylic oxidation sites excluding steroid dienone is 2. The topological polar surface area (TPSA) is 0 Å². The van der Waals surface area contributed by atoms with E-state index in [9.17, 15) is 26.3 Å². The van der Waals surface area contributed by atoms with E-state index in [4.69, 9.17) is 0 Å². The molecule has 2 rings (SSSR count). The standard InChI is InChI=1S/C20H16F6S2/c1-13-3-7-15(8-4-13)27-17(11-19(21,22)23)18(12-20(24,25)26)28-16-9-5-14(2)6-10-16/h3-12H,1-2H3/b17-11+,18-12+. The highest BCUT2D eigenvalue weighted by molar-refractivity contribution is 8.08. The number of halogens is 6. The third-order valence-electron chi connectivity index (χ3n) is 3.33. The Morgan fingerprint density at radius 2 is 0.893 bits per heavy atom. The largest absolute Gasteiger partial charge is 0.410 e. The van der Waals surface area contributed by atoms with E-state index in [-0.39, 0.29) is 12.2 Å². The van der Waals surface area contributed by atoms with Gasteiger partial charge in [0.1, 0.15) is 0 Å². The lowest BCUT2D eigenvalue weighted by molar-refractivity contribution is -0.0821. The maximum atomic E-state index is 13.1. The van der Waals surface area contributed by atoms with Crippen LogP contribution in [0.5, 0.6) is 0 Å². The smallest absolute Gasteiger partial charge is 0.167 e. The minimum absolute atomic E-state index is 0.0870. The van der Waals surface area contributed by atoms with Crippen molar-refractivity contribution in [2.24, 2.45) is 0 Å². The lowest BCUT2D eigenvalue weighted by Crippen LogP contribution is -2.06. The molecule has 0 spiro atoms. The number of aryl methyl sites for hydroxylation is 2. The predicted molar refractivity (Wildman–Crippen MR) is 102 cm³/mol. The molecule has 0 N–H and O–H groups in total. The Balaban J connectivity index is 2.47. The molecule has 2 aromatic rings. The Morgan fingerprint density at radius 3 is 1.14 bits per heavy atom. The van der Waals surface area contributed by atoms with Gasteiger partial charge in [-0.1, -0.05) is 58.9 Å². The summed E-state index contributed by atoms with van der Waals surface area (Å²) in [4.78, 5) is -0.198. The van der Waals surface area contributed by atoms with Gasteiger partial charge in [-0.2, -0.15) is 26.3 Å². The first-order valence-corrected chi connectivity index (χ1v) is 9.63. The number of thioether (sulfide) groups is 2. The average molecular weight is 434 g/mol. The summed E-state index contributed by atoms with van der Waals surface area (Å²) in [5.74, 6) is 0. The van der Waals surface area contributed by atoms with Gasteiger partial charge in [0, 0.05) is 31.8 Å². The van der Waals surface area contributed by atoms with Gasteiger partial charge in [0.2, 0.25) is 0 Å². The highest BCUT2D eigenvalue weighted by Crippen LogP contribution is 2.44. The van der Waals surface area contributed by atoms with Crippen molar-refractivity contribution in [3.05, 3.63) is 81.6 Å². The van der Waals surface area contributed by atoms with Gasteiger partial charge in [-0.15, -0.1) is 0 Å². The number of benzene rings is 2. The van der Waals surface area contributed by atoms with Gasteiger partial charge in [0.15, 0.2) is 0 Å². The first-order chi connectivity index (χ1) is 12.9. The summed E-state index contributed by atoms with van der Waals surface area (Å²) in [5, 5.41) is 0. The van der Waals surface area contributed by atoms with Crippen molar-refractivity contribution in [3.8, 4) is 0 Å². The summed E-state index contributed by atoms with van der Waals surface area (Å²) in [5.41, 5.74) is 1.79. The molecule has 2 aromatic carbocycles. The van der Waals surface area contributed by atoms with Crippen LogP contribution in [-0.2, 0) is 0 Å². The Labute approximate surface area is 167 Å². The number of alkyl halides is 6. The zero-order chi connectivity index (χ0) is 20.9. The van der Waals surface area contributed by atoms with Crippen LogP contribution in [0.3, 0.4) is 0 Å². The van der Waals surface area contributed by atoms with Gasteiger partial charge < -0.3 is 0 Å². The lowest BCUT2D eigenvalue weighted by atomic mass is 10.2. The quantitative estimate of drug-likeness (QED) is 0.265. The van der Waals surface area contributed by atoms with Gasteiger partial charge in [-0.25, -0.2) is 0 Å². The maximum Gasteiger partial charge on any atom is 0.410 e. The van der Waals surface area contributed by atoms with Crippen LogP contribution < -0.4 is 0 Å². The molecule has 0 atom stereocenters. The fourth-order valence-corrected chi connectivity index (χ4v) is 4.07. The fraction of sp³-hybridized carbons (Fsp3) is 0.200. The number of hydrogen-bond donors (Lipinski definition) is 0. The molecule has 0 saturated heterocycles. The van der Waals surface area contributed by atoms with E-state index >= 15 is 0 Å². The van der Waals surface area contributed by atoms with E-state index in [0.717, 1.165) is 11.1 Å². The van der Waals surface area contributed by atoms with E-state index in [1.807, 2.05) is 13.8 Å². The zero-order valence-electron chi connectivity index (χ0n) is 14.9. The summed E-state index contributed by atoms with van der Waals surface area (Å²) in [6.07, 6.45) is -9.69. The van der Waals surface area contributed by atoms with Crippen molar-refractivity contribution in [3.63, 3.8) is 0 Å². The summed E-state index contributed by atoms with van der Waals surface area (Å²) >= 11 is 1.29. The van der Waals surface area contributed by atoms with Crippen LogP contribution in [0.4, 0.5) is 26.3 Å². The van der Waals surface area contributed by atoms with E-state index in [1.54, 1.807) is 48.5 Å². The van der Waals surface area contributed by atoms with Crippen molar-refractivity contribution in [1.82, 2.24) is 0 Å². The first kappa shape index (κ1) is 22.5. The van der Waals surface area contributed by atoms with Gasteiger partial charge in [-0.3, -0.25) is 0 Å². The van der Waals surface area contributed by atoms with Crippen LogP contribution in [0, 0.1) is 13.8 Å². The molecule has 28 heavy (non-hydrogen) atoms. The SMILES string of the molecule is Cc1ccc(SC(=C/C(F)(F)F)/C(=C\C(F)(F)F)Sc2ccc(C)cc2)cc1. The first-order valence-electron chi connectivity index (χ1n) is 8.00. The molecule has 0 aliphatic heterocycles. The van der Waals surface area contributed by atoms with Crippen molar-refractivity contribution in [2.45, 2.75) is 36.0 Å². The van der Waals surface area contributed by atoms with Crippen molar-refractivity contribution >= 4 is 23.5 Å². The third-order valence-corrected chi connectivity index (χ3v) is 5.59. The summed E-state index contributed by atoms with van der Waals surface area (Å²) < 4.78 is 78.3. The summed E-state index contributed by atoms with van der Waals surface area (Å²) in [6.45, 7) is 3.62. The Morgan fingerprint density at radius 1 is 0.607 bits per heavy atom. The highest BCUT2D eigenvalue weighted by atomic mass is 32.2. The molecule has 0 amide bonds. The molecule has 0 unspecified atom stereocenters. The molecular weight excluding hydrogens is 418 g/mol. The Kier molecular flexibility index (Phi) is 7.33. The molecule has 0 heterocycles. The third kappa shape index (κ3) is 8.06. The summed E-state index contributed by atoms with van der Waals surface area (Å²) in [7, 11) is 0. The van der Waals surface area contributed by atoms with Gasteiger partial charge in [0.25, 0.3) is 0 Å². The monoisotopic (exact) mass is 434 g/mol. The average Bonchev–Trinajstić information content (AvgIpc) is 2.55. The van der Waals surface area contributed by atoms with Gasteiger partial charge in [0.05, 0.1) is 0 Å². The normalized spacial score (nSPS) is 13.7. The Hall–Kier alpha value is -1.80. The molecule has 0 aliphatic rings. The molecule has 0 nitrogen and oxygen atoms in total. The van der Waals surface area contributed by atoms with Crippen LogP contribution in [0.1, 0.15) is 11.1 Å². The van der Waals surface area contributed by atoms with Crippen molar-refractivity contribution < 1.29 is 26.3 Å². The van der Waals surface area contributed by atoms with E-state index in [2.05, 4.69) is 0 Å². The minimum atomic E-state index is -4.76. The second-order valence-electron chi connectivity index (χ2n) is 5.93. The molecule has 0 radical (unpaired) electrons. The second-order valence-corrected chi connectivity index (χ2v) is 8.16. The second kappa shape index (κ2) is 9.13. The summed E-state index contributed by atoms with van der Waals surface area (Å²) in [6, 6.07) is 13.1. The molecule has 0 saturated carbocycles. The molecule has 0 aliphatic carbocycles. The number of hydrogen-bond acceptors (Lipinski definition) is 2. The molecule has 0 aromatic heterocycles. The molecule has 150 valence electrons. The Bertz CT molecular complexity index is 771. The fourth-order valence-electron chi connectivity index (χ4n) is 2.07. The van der Waals surface area contributed by atoms with Crippen LogP contribution in [0.2, 0.25) is 0 Å². The van der Waals surface area contributed by atoms with Crippen LogP contribution in [-0.4, -0.2) is 12.4 Å². The molecular formula is C20H16F6S2. The van der Waals surface area contributed by atoms with Crippen LogP contribution >= 0.6 is 23.5 Å². The van der Waals surface area contributed by atoms with Crippen molar-refractivity contribution in [2.75, 3.05) is 0 Å². The van der Waals surface area contributed by atoms with E-state index in [0.29, 0.717) is 33.3 Å². The van der Waals surface area contributed by atoms with Gasteiger partial charge >= 0.3 is 12.4 Å². The highest BCUT2D eigenvalue weighted by Gasteiger charge is 2.30.